The summed E-state index contributed by atoms with van der Waals surface area (Å²) in [6.07, 6.45) is -3.44. The first-order chi connectivity index (χ1) is 7.41. The van der Waals surface area contributed by atoms with Crippen molar-refractivity contribution < 1.29 is 18.1 Å². The van der Waals surface area contributed by atoms with Gasteiger partial charge in [-0.25, -0.2) is 13.2 Å². The molecule has 2 N–H and O–H groups in total. The van der Waals surface area contributed by atoms with Crippen molar-refractivity contribution in [3.8, 4) is 0 Å². The van der Waals surface area contributed by atoms with E-state index in [0.717, 1.165) is 18.2 Å². The van der Waals surface area contributed by atoms with Crippen LogP contribution < -0.4 is 5.73 Å². The van der Waals surface area contributed by atoms with E-state index in [4.69, 9.17) is 5.73 Å². The van der Waals surface area contributed by atoms with Gasteiger partial charge in [0.2, 0.25) is 6.43 Å². The van der Waals surface area contributed by atoms with Gasteiger partial charge in [0.1, 0.15) is 5.82 Å². The quantitative estimate of drug-likeness (QED) is 0.642. The van der Waals surface area contributed by atoms with Crippen molar-refractivity contribution in [3.63, 3.8) is 0 Å². The van der Waals surface area contributed by atoms with Gasteiger partial charge in [0.15, 0.2) is 0 Å². The third-order valence-corrected chi connectivity index (χ3v) is 2.02. The van der Waals surface area contributed by atoms with E-state index < -0.39 is 35.3 Å². The van der Waals surface area contributed by atoms with E-state index in [0.29, 0.717) is 0 Å². The molecule has 16 heavy (non-hydrogen) atoms. The molecular weight excluding hydrogens is 225 g/mol. The van der Waals surface area contributed by atoms with Gasteiger partial charge >= 0.3 is 0 Å². The summed E-state index contributed by atoms with van der Waals surface area (Å²) >= 11 is 0. The second-order valence-corrected chi connectivity index (χ2v) is 3.19. The molecule has 1 aromatic rings. The van der Waals surface area contributed by atoms with Gasteiger partial charge in [-0.2, -0.15) is 0 Å². The van der Waals surface area contributed by atoms with Crippen LogP contribution in [0.3, 0.4) is 0 Å². The van der Waals surface area contributed by atoms with Crippen molar-refractivity contribution in [2.75, 3.05) is 0 Å². The van der Waals surface area contributed by atoms with E-state index >= 15 is 0 Å². The van der Waals surface area contributed by atoms with Crippen molar-refractivity contribution in [3.05, 3.63) is 39.7 Å². The number of nitro groups is 1. The fraction of sp³-hybridized carbons (Fsp3) is 0.333. The van der Waals surface area contributed by atoms with Gasteiger partial charge in [-0.1, -0.05) is 0 Å². The summed E-state index contributed by atoms with van der Waals surface area (Å²) in [7, 11) is 0. The lowest BCUT2D eigenvalue weighted by Crippen LogP contribution is -2.15. The maximum Gasteiger partial charge on any atom is 0.274 e. The summed E-state index contributed by atoms with van der Waals surface area (Å²) in [6, 6.07) is 1.36. The van der Waals surface area contributed by atoms with Gasteiger partial charge in [-0.3, -0.25) is 10.1 Å². The van der Waals surface area contributed by atoms with Gasteiger partial charge in [-0.15, -0.1) is 0 Å². The second-order valence-electron chi connectivity index (χ2n) is 3.19. The molecule has 0 heterocycles. The normalized spacial score (nSPS) is 12.8. The first-order valence-corrected chi connectivity index (χ1v) is 4.39. The summed E-state index contributed by atoms with van der Waals surface area (Å²) in [4.78, 5) is 9.79. The third-order valence-electron chi connectivity index (χ3n) is 2.02. The minimum atomic E-state index is -2.70. The van der Waals surface area contributed by atoms with Crippen LogP contribution in [0.2, 0.25) is 0 Å². The van der Waals surface area contributed by atoms with Crippen molar-refractivity contribution >= 4 is 5.69 Å². The topological polar surface area (TPSA) is 69.2 Å². The smallest absolute Gasteiger partial charge is 0.274 e. The zero-order valence-electron chi connectivity index (χ0n) is 8.07. The Morgan fingerprint density at radius 2 is 2.06 bits per heavy atom. The molecule has 0 bridgehead atoms. The predicted molar refractivity (Wildman–Crippen MR) is 50.6 cm³/mol. The molecule has 0 spiro atoms. The zero-order valence-corrected chi connectivity index (χ0v) is 8.07. The molecule has 0 radical (unpaired) electrons. The van der Waals surface area contributed by atoms with E-state index in [1.54, 1.807) is 0 Å². The van der Waals surface area contributed by atoms with Crippen LogP contribution in [0.4, 0.5) is 18.9 Å². The number of nitrogens with zero attached hydrogens (tertiary/aromatic N) is 1. The van der Waals surface area contributed by atoms with Gasteiger partial charge in [0.25, 0.3) is 5.69 Å². The van der Waals surface area contributed by atoms with Crippen LogP contribution in [-0.2, 0) is 0 Å². The number of hydrogen-bond donors (Lipinski definition) is 1. The van der Waals surface area contributed by atoms with E-state index in [1.807, 2.05) is 0 Å². The first kappa shape index (κ1) is 12.4. The highest BCUT2D eigenvalue weighted by atomic mass is 19.3. The monoisotopic (exact) mass is 234 g/mol. The van der Waals surface area contributed by atoms with E-state index in [-0.39, 0.29) is 5.56 Å². The lowest BCUT2D eigenvalue weighted by atomic mass is 10.0. The molecule has 0 aliphatic rings. The molecule has 0 unspecified atom stereocenters. The summed E-state index contributed by atoms with van der Waals surface area (Å²) in [6.45, 7) is 0. The van der Waals surface area contributed by atoms with Crippen molar-refractivity contribution in [1.82, 2.24) is 0 Å². The zero-order chi connectivity index (χ0) is 12.3. The Balaban J connectivity index is 3.09. The molecule has 0 saturated heterocycles. The lowest BCUT2D eigenvalue weighted by molar-refractivity contribution is -0.385. The fourth-order valence-corrected chi connectivity index (χ4v) is 1.31. The third kappa shape index (κ3) is 2.93. The van der Waals surface area contributed by atoms with Crippen LogP contribution in [-0.4, -0.2) is 11.3 Å². The van der Waals surface area contributed by atoms with Crippen LogP contribution >= 0.6 is 0 Å². The van der Waals surface area contributed by atoms with Gasteiger partial charge in [-0.05, 0) is 12.1 Å². The van der Waals surface area contributed by atoms with Gasteiger partial charge in [0.05, 0.1) is 4.92 Å². The Labute approximate surface area is 89.0 Å². The number of rotatable bonds is 4. The summed E-state index contributed by atoms with van der Waals surface area (Å²) in [5.41, 5.74) is 4.69. The SMILES string of the molecule is N[C@@H](CC(F)F)c1cc(F)ccc1[N+](=O)[O-]. The Morgan fingerprint density at radius 3 is 2.56 bits per heavy atom. The minimum absolute atomic E-state index is 0.217. The fourth-order valence-electron chi connectivity index (χ4n) is 1.31. The molecule has 0 aromatic heterocycles. The Hall–Kier alpha value is -1.63. The Morgan fingerprint density at radius 1 is 1.44 bits per heavy atom. The molecule has 88 valence electrons. The summed E-state index contributed by atoms with van der Waals surface area (Å²) in [5.74, 6) is -0.745. The first-order valence-electron chi connectivity index (χ1n) is 4.39. The molecule has 1 atom stereocenters. The number of nitrogens with two attached hydrogens (primary N) is 1. The molecule has 0 aliphatic heterocycles. The number of halogens is 3. The molecular formula is C9H9F3N2O2. The van der Waals surface area contributed by atoms with E-state index in [2.05, 4.69) is 0 Å². The van der Waals surface area contributed by atoms with Crippen LogP contribution in [0, 0.1) is 15.9 Å². The van der Waals surface area contributed by atoms with Crippen LogP contribution in [0.5, 0.6) is 0 Å². The minimum Gasteiger partial charge on any atom is -0.324 e. The molecule has 1 aromatic carbocycles. The average molecular weight is 234 g/mol. The highest BCUT2D eigenvalue weighted by Crippen LogP contribution is 2.27. The largest absolute Gasteiger partial charge is 0.324 e. The molecule has 4 nitrogen and oxygen atoms in total. The number of nitro benzene ring substituents is 1. The standard InChI is InChI=1S/C9H9F3N2O2/c10-5-1-2-8(14(15)16)6(3-5)7(13)4-9(11)12/h1-3,7,9H,4,13H2/t7-/m0/s1. The summed E-state index contributed by atoms with van der Waals surface area (Å²) < 4.78 is 37.0. The van der Waals surface area contributed by atoms with Gasteiger partial charge in [0, 0.05) is 24.1 Å². The molecule has 0 saturated carbocycles. The lowest BCUT2D eigenvalue weighted by Gasteiger charge is -2.11. The Kier molecular flexibility index (Phi) is 3.83. The van der Waals surface area contributed by atoms with Gasteiger partial charge < -0.3 is 5.73 Å². The number of alkyl halides is 2. The maximum atomic E-state index is 12.8. The highest BCUT2D eigenvalue weighted by Gasteiger charge is 2.22. The molecule has 0 amide bonds. The van der Waals surface area contributed by atoms with Crippen LogP contribution in [0.15, 0.2) is 18.2 Å². The molecule has 0 fully saturated rings. The van der Waals surface area contributed by atoms with Crippen molar-refractivity contribution in [2.24, 2.45) is 5.73 Å². The summed E-state index contributed by atoms with van der Waals surface area (Å²) in [5, 5.41) is 10.6. The van der Waals surface area contributed by atoms with Crippen LogP contribution in [0.25, 0.3) is 0 Å². The van der Waals surface area contributed by atoms with Crippen LogP contribution in [0.1, 0.15) is 18.0 Å². The highest BCUT2D eigenvalue weighted by molar-refractivity contribution is 5.42. The average Bonchev–Trinajstić information content (AvgIpc) is 2.15. The van der Waals surface area contributed by atoms with Crippen molar-refractivity contribution in [2.45, 2.75) is 18.9 Å². The molecule has 0 aliphatic carbocycles. The maximum absolute atomic E-state index is 12.8. The molecule has 7 heteroatoms. The number of benzene rings is 1. The van der Waals surface area contributed by atoms with Crippen molar-refractivity contribution in [1.29, 1.82) is 0 Å². The molecule has 1 rings (SSSR count). The van der Waals surface area contributed by atoms with E-state index in [9.17, 15) is 23.3 Å². The van der Waals surface area contributed by atoms with E-state index in [1.165, 1.54) is 0 Å². The Bertz CT molecular complexity index is 398. The number of hydrogen-bond acceptors (Lipinski definition) is 3. The predicted octanol–water partition coefficient (Wildman–Crippen LogP) is 2.39. The second kappa shape index (κ2) is 4.93.